The van der Waals surface area contributed by atoms with Crippen molar-refractivity contribution in [1.29, 1.82) is 0 Å². The van der Waals surface area contributed by atoms with Crippen LogP contribution in [0.2, 0.25) is 5.02 Å². The summed E-state index contributed by atoms with van der Waals surface area (Å²) in [7, 11) is 0. The first kappa shape index (κ1) is 18.9. The lowest BCUT2D eigenvalue weighted by Crippen LogP contribution is -2.08. The summed E-state index contributed by atoms with van der Waals surface area (Å²) in [5.74, 6) is -0.213. The molecule has 3 rings (SSSR count). The molecule has 27 heavy (non-hydrogen) atoms. The molecule has 0 saturated carbocycles. The fourth-order valence-electron chi connectivity index (χ4n) is 2.80. The van der Waals surface area contributed by atoms with Crippen molar-refractivity contribution in [3.05, 3.63) is 70.9 Å². The minimum Gasteiger partial charge on any atom is -0.398 e. The van der Waals surface area contributed by atoms with E-state index in [1.165, 1.54) is 6.08 Å². The van der Waals surface area contributed by atoms with Crippen molar-refractivity contribution in [3.8, 4) is 0 Å². The molecule has 0 saturated heterocycles. The first-order chi connectivity index (χ1) is 13.0. The highest BCUT2D eigenvalue weighted by Gasteiger charge is 2.06. The standard InChI is InChI=1S/C22H22ClN3O/c1-2-3-4-17-14-20(24)19-13-18(10-11-21(19)25-17)26-22(27)12-7-15-5-8-16(23)9-6-15/h5-14H,2-4H2,1H3,(H2,24,25)(H,26,27). The van der Waals surface area contributed by atoms with Gasteiger partial charge < -0.3 is 11.1 Å². The third-order valence-electron chi connectivity index (χ3n) is 4.24. The van der Waals surface area contributed by atoms with Crippen LogP contribution in [0.3, 0.4) is 0 Å². The van der Waals surface area contributed by atoms with E-state index in [1.807, 2.05) is 36.4 Å². The number of halogens is 1. The van der Waals surface area contributed by atoms with Crippen LogP contribution < -0.4 is 11.1 Å². The van der Waals surface area contributed by atoms with Crippen molar-refractivity contribution in [3.63, 3.8) is 0 Å². The first-order valence-corrected chi connectivity index (χ1v) is 9.37. The minimum absolute atomic E-state index is 0.213. The van der Waals surface area contributed by atoms with Gasteiger partial charge in [-0.15, -0.1) is 0 Å². The number of nitrogens with one attached hydrogen (secondary N) is 1. The van der Waals surface area contributed by atoms with Gasteiger partial charge in [0.1, 0.15) is 0 Å². The number of carbonyl (C=O) groups excluding carboxylic acids is 1. The molecule has 0 radical (unpaired) electrons. The number of hydrogen-bond acceptors (Lipinski definition) is 3. The summed E-state index contributed by atoms with van der Waals surface area (Å²) in [6.45, 7) is 2.15. The summed E-state index contributed by atoms with van der Waals surface area (Å²) >= 11 is 5.86. The maximum atomic E-state index is 12.2. The largest absolute Gasteiger partial charge is 0.398 e. The predicted molar refractivity (Wildman–Crippen MR) is 114 cm³/mol. The number of amides is 1. The van der Waals surface area contributed by atoms with Crippen molar-refractivity contribution in [2.24, 2.45) is 0 Å². The molecule has 3 aromatic rings. The van der Waals surface area contributed by atoms with Gasteiger partial charge in [-0.3, -0.25) is 9.78 Å². The summed E-state index contributed by atoms with van der Waals surface area (Å²) < 4.78 is 0. The molecule has 0 aliphatic rings. The number of rotatable bonds is 6. The van der Waals surface area contributed by atoms with Gasteiger partial charge in [0.05, 0.1) is 5.52 Å². The molecule has 5 heteroatoms. The fourth-order valence-corrected chi connectivity index (χ4v) is 2.93. The number of nitrogens with two attached hydrogens (primary N) is 1. The summed E-state index contributed by atoms with van der Waals surface area (Å²) in [4.78, 5) is 16.8. The van der Waals surface area contributed by atoms with Gasteiger partial charge in [0, 0.05) is 33.6 Å². The van der Waals surface area contributed by atoms with E-state index in [0.29, 0.717) is 16.4 Å². The van der Waals surface area contributed by atoms with E-state index in [9.17, 15) is 4.79 Å². The van der Waals surface area contributed by atoms with Gasteiger partial charge in [0.2, 0.25) is 5.91 Å². The Morgan fingerprint density at radius 1 is 1.19 bits per heavy atom. The van der Waals surface area contributed by atoms with Gasteiger partial charge in [-0.2, -0.15) is 0 Å². The molecule has 0 aliphatic heterocycles. The van der Waals surface area contributed by atoms with Gasteiger partial charge in [0.15, 0.2) is 0 Å². The normalized spacial score (nSPS) is 11.2. The van der Waals surface area contributed by atoms with Crippen LogP contribution in [-0.2, 0) is 11.2 Å². The van der Waals surface area contributed by atoms with Crippen LogP contribution >= 0.6 is 11.6 Å². The minimum atomic E-state index is -0.213. The van der Waals surface area contributed by atoms with E-state index in [-0.39, 0.29) is 5.91 Å². The van der Waals surface area contributed by atoms with E-state index in [2.05, 4.69) is 17.2 Å². The Bertz CT molecular complexity index is 981. The van der Waals surface area contributed by atoms with Crippen LogP contribution in [0.4, 0.5) is 11.4 Å². The SMILES string of the molecule is CCCCc1cc(N)c2cc(NC(=O)C=Cc3ccc(Cl)cc3)ccc2n1. The first-order valence-electron chi connectivity index (χ1n) is 8.99. The summed E-state index contributed by atoms with van der Waals surface area (Å²) in [5, 5.41) is 4.36. The van der Waals surface area contributed by atoms with E-state index < -0.39 is 0 Å². The molecule has 1 heterocycles. The lowest BCUT2D eigenvalue weighted by Gasteiger charge is -2.09. The fraction of sp³-hybridized carbons (Fsp3) is 0.182. The van der Waals surface area contributed by atoms with Crippen LogP contribution in [0, 0.1) is 0 Å². The van der Waals surface area contributed by atoms with E-state index >= 15 is 0 Å². The van der Waals surface area contributed by atoms with Crippen LogP contribution in [0.25, 0.3) is 17.0 Å². The Morgan fingerprint density at radius 2 is 1.96 bits per heavy atom. The Balaban J connectivity index is 1.73. The van der Waals surface area contributed by atoms with E-state index in [0.717, 1.165) is 41.4 Å². The Morgan fingerprint density at radius 3 is 2.70 bits per heavy atom. The van der Waals surface area contributed by atoms with Crippen molar-refractivity contribution in [2.45, 2.75) is 26.2 Å². The topological polar surface area (TPSA) is 68.0 Å². The van der Waals surface area contributed by atoms with Crippen LogP contribution in [0.5, 0.6) is 0 Å². The molecule has 2 aromatic carbocycles. The van der Waals surface area contributed by atoms with E-state index in [4.69, 9.17) is 17.3 Å². The maximum Gasteiger partial charge on any atom is 0.248 e. The number of benzene rings is 2. The zero-order valence-corrected chi connectivity index (χ0v) is 16.0. The van der Waals surface area contributed by atoms with Crippen LogP contribution in [0.15, 0.2) is 54.6 Å². The second kappa shape index (κ2) is 8.69. The number of carbonyl (C=O) groups is 1. The smallest absolute Gasteiger partial charge is 0.248 e. The molecular formula is C22H22ClN3O. The number of fused-ring (bicyclic) bond motifs is 1. The third kappa shape index (κ3) is 5.08. The Labute approximate surface area is 164 Å². The van der Waals surface area contributed by atoms with Crippen LogP contribution in [0.1, 0.15) is 31.0 Å². The van der Waals surface area contributed by atoms with E-state index in [1.54, 1.807) is 18.2 Å². The zero-order chi connectivity index (χ0) is 19.2. The number of unbranched alkanes of at least 4 members (excludes halogenated alkanes) is 1. The molecule has 1 aromatic heterocycles. The van der Waals surface area contributed by atoms with Gasteiger partial charge in [0.25, 0.3) is 0 Å². The highest BCUT2D eigenvalue weighted by atomic mass is 35.5. The second-order valence-corrected chi connectivity index (χ2v) is 6.85. The molecule has 0 aliphatic carbocycles. The Kier molecular flexibility index (Phi) is 6.09. The molecule has 1 amide bonds. The number of hydrogen-bond donors (Lipinski definition) is 2. The molecule has 0 fully saturated rings. The molecule has 138 valence electrons. The lowest BCUT2D eigenvalue weighted by atomic mass is 10.1. The number of aromatic nitrogens is 1. The average molecular weight is 380 g/mol. The summed E-state index contributed by atoms with van der Waals surface area (Å²) in [6.07, 6.45) is 6.36. The number of aryl methyl sites for hydroxylation is 1. The number of nitrogens with zero attached hydrogens (tertiary/aromatic N) is 1. The highest BCUT2D eigenvalue weighted by molar-refractivity contribution is 6.30. The predicted octanol–water partition coefficient (Wildman–Crippen LogP) is 5.46. The Hall–Kier alpha value is -2.85. The molecular weight excluding hydrogens is 358 g/mol. The molecule has 0 unspecified atom stereocenters. The molecule has 4 nitrogen and oxygen atoms in total. The third-order valence-corrected chi connectivity index (χ3v) is 4.50. The molecule has 0 bridgehead atoms. The second-order valence-electron chi connectivity index (χ2n) is 6.41. The maximum absolute atomic E-state index is 12.2. The van der Waals surface area contributed by atoms with Gasteiger partial charge in [-0.1, -0.05) is 37.1 Å². The van der Waals surface area contributed by atoms with Gasteiger partial charge >= 0.3 is 0 Å². The number of pyridine rings is 1. The molecule has 0 atom stereocenters. The lowest BCUT2D eigenvalue weighted by molar-refractivity contribution is -0.111. The average Bonchev–Trinajstić information content (AvgIpc) is 2.66. The quantitative estimate of drug-likeness (QED) is 0.558. The van der Waals surface area contributed by atoms with Crippen molar-refractivity contribution in [1.82, 2.24) is 4.98 Å². The van der Waals surface area contributed by atoms with Crippen LogP contribution in [-0.4, -0.2) is 10.9 Å². The molecule has 3 N–H and O–H groups in total. The number of anilines is 2. The van der Waals surface area contributed by atoms with Crippen molar-refractivity contribution >= 4 is 45.9 Å². The highest BCUT2D eigenvalue weighted by Crippen LogP contribution is 2.25. The zero-order valence-electron chi connectivity index (χ0n) is 15.2. The van der Waals surface area contributed by atoms with Gasteiger partial charge in [-0.25, -0.2) is 0 Å². The van der Waals surface area contributed by atoms with Gasteiger partial charge in [-0.05, 0) is 60.9 Å². The van der Waals surface area contributed by atoms with Crippen molar-refractivity contribution < 1.29 is 4.79 Å². The summed E-state index contributed by atoms with van der Waals surface area (Å²) in [6, 6.07) is 14.8. The monoisotopic (exact) mass is 379 g/mol. The van der Waals surface area contributed by atoms with Crippen molar-refractivity contribution in [2.75, 3.05) is 11.1 Å². The number of nitrogen functional groups attached to an aromatic ring is 1. The summed E-state index contributed by atoms with van der Waals surface area (Å²) in [5.41, 5.74) is 10.3. The molecule has 0 spiro atoms.